The number of rotatable bonds is 7. The maximum Gasteiger partial charge on any atom is 0.242 e. The maximum atomic E-state index is 13.0. The van der Waals surface area contributed by atoms with Crippen molar-refractivity contribution < 1.29 is 22.7 Å². The number of halogens is 1. The average molecular weight is 278 g/mol. The van der Waals surface area contributed by atoms with Gasteiger partial charge in [0, 0.05) is 6.54 Å². The smallest absolute Gasteiger partial charge is 0.242 e. The van der Waals surface area contributed by atoms with Gasteiger partial charge in [0.2, 0.25) is 10.0 Å². The van der Waals surface area contributed by atoms with E-state index in [0.717, 1.165) is 12.1 Å². The summed E-state index contributed by atoms with van der Waals surface area (Å²) in [4.78, 5) is -0.301. The second-order valence-electron chi connectivity index (χ2n) is 3.42. The van der Waals surface area contributed by atoms with Gasteiger partial charge >= 0.3 is 0 Å². The molecule has 1 rings (SSSR count). The summed E-state index contributed by atoms with van der Waals surface area (Å²) in [5.74, 6) is -0.680. The minimum Gasteiger partial charge on any atom is -0.398 e. The van der Waals surface area contributed by atoms with Crippen molar-refractivity contribution in [2.45, 2.75) is 4.90 Å². The number of aliphatic hydroxyl groups is 1. The quantitative estimate of drug-likeness (QED) is 0.469. The molecule has 0 aliphatic rings. The molecule has 0 fully saturated rings. The summed E-state index contributed by atoms with van der Waals surface area (Å²) >= 11 is 0. The van der Waals surface area contributed by atoms with Crippen LogP contribution in [0.3, 0.4) is 0 Å². The Labute approximate surface area is 105 Å². The Balaban J connectivity index is 2.66. The first kappa shape index (κ1) is 14.8. The predicted octanol–water partition coefficient (Wildman–Crippen LogP) is -0.305. The van der Waals surface area contributed by atoms with Crippen LogP contribution in [0.1, 0.15) is 0 Å². The van der Waals surface area contributed by atoms with Gasteiger partial charge in [-0.15, -0.1) is 0 Å². The summed E-state index contributed by atoms with van der Waals surface area (Å²) < 4.78 is 43.6. The molecule has 1 aromatic carbocycles. The maximum absolute atomic E-state index is 13.0. The Kier molecular flexibility index (Phi) is 5.48. The van der Waals surface area contributed by atoms with E-state index in [0.29, 0.717) is 0 Å². The fourth-order valence-corrected chi connectivity index (χ4v) is 2.39. The third kappa shape index (κ3) is 4.22. The number of nitrogens with two attached hydrogens (primary N) is 1. The molecular formula is C10H15FN2O4S. The number of nitrogens with one attached hydrogen (secondary N) is 1. The van der Waals surface area contributed by atoms with E-state index >= 15 is 0 Å². The van der Waals surface area contributed by atoms with Crippen molar-refractivity contribution in [3.63, 3.8) is 0 Å². The Hall–Kier alpha value is -1.22. The topological polar surface area (TPSA) is 102 Å². The van der Waals surface area contributed by atoms with Crippen LogP contribution in [0.4, 0.5) is 10.1 Å². The number of nitrogen functional groups attached to an aromatic ring is 1. The fourth-order valence-electron chi connectivity index (χ4n) is 1.23. The van der Waals surface area contributed by atoms with Crippen LogP contribution in [0.25, 0.3) is 0 Å². The van der Waals surface area contributed by atoms with Gasteiger partial charge in [0.05, 0.1) is 25.5 Å². The molecule has 4 N–H and O–H groups in total. The number of hydrogen-bond donors (Lipinski definition) is 3. The molecule has 0 saturated carbocycles. The highest BCUT2D eigenvalue weighted by atomic mass is 32.2. The van der Waals surface area contributed by atoms with Crippen molar-refractivity contribution in [1.82, 2.24) is 4.72 Å². The highest BCUT2D eigenvalue weighted by Gasteiger charge is 2.17. The largest absolute Gasteiger partial charge is 0.398 e. The molecule has 0 unspecified atom stereocenters. The van der Waals surface area contributed by atoms with Gasteiger partial charge in [0.1, 0.15) is 10.7 Å². The molecule has 0 aromatic heterocycles. The lowest BCUT2D eigenvalue weighted by Gasteiger charge is -2.09. The van der Waals surface area contributed by atoms with Crippen LogP contribution in [0.5, 0.6) is 0 Å². The first-order chi connectivity index (χ1) is 8.47. The van der Waals surface area contributed by atoms with Gasteiger partial charge in [-0.05, 0) is 18.2 Å². The summed E-state index contributed by atoms with van der Waals surface area (Å²) in [5.41, 5.74) is 5.45. The molecule has 0 bridgehead atoms. The van der Waals surface area contributed by atoms with Crippen LogP contribution in [-0.2, 0) is 14.8 Å². The molecule has 102 valence electrons. The van der Waals surface area contributed by atoms with Crippen molar-refractivity contribution in [2.75, 3.05) is 32.1 Å². The first-order valence-electron chi connectivity index (χ1n) is 5.20. The lowest BCUT2D eigenvalue weighted by molar-refractivity contribution is 0.0961. The van der Waals surface area contributed by atoms with Crippen LogP contribution in [0, 0.1) is 5.82 Å². The van der Waals surface area contributed by atoms with Crippen LogP contribution >= 0.6 is 0 Å². The number of benzene rings is 1. The third-order valence-electron chi connectivity index (χ3n) is 2.04. The molecule has 0 aliphatic carbocycles. The minimum absolute atomic E-state index is 0.0122. The van der Waals surface area contributed by atoms with E-state index in [9.17, 15) is 12.8 Å². The highest BCUT2D eigenvalue weighted by Crippen LogP contribution is 2.18. The van der Waals surface area contributed by atoms with E-state index in [2.05, 4.69) is 4.72 Å². The molecule has 8 heteroatoms. The van der Waals surface area contributed by atoms with Crippen molar-refractivity contribution in [3.05, 3.63) is 24.0 Å². The van der Waals surface area contributed by atoms with Crippen molar-refractivity contribution in [3.8, 4) is 0 Å². The van der Waals surface area contributed by atoms with E-state index in [1.165, 1.54) is 6.07 Å². The summed E-state index contributed by atoms with van der Waals surface area (Å²) in [6, 6.07) is 3.12. The second-order valence-corrected chi connectivity index (χ2v) is 5.15. The van der Waals surface area contributed by atoms with Crippen LogP contribution in [0.2, 0.25) is 0 Å². The van der Waals surface area contributed by atoms with E-state index < -0.39 is 15.8 Å². The number of hydrogen-bond acceptors (Lipinski definition) is 5. The Morgan fingerprint density at radius 1 is 1.39 bits per heavy atom. The molecule has 0 atom stereocenters. The summed E-state index contributed by atoms with van der Waals surface area (Å²) in [6.45, 7) is 0.112. The Bertz CT molecular complexity index is 493. The molecule has 0 heterocycles. The molecule has 18 heavy (non-hydrogen) atoms. The lowest BCUT2D eigenvalue weighted by Crippen LogP contribution is -2.28. The van der Waals surface area contributed by atoms with E-state index in [-0.39, 0.29) is 36.9 Å². The predicted molar refractivity (Wildman–Crippen MR) is 63.9 cm³/mol. The van der Waals surface area contributed by atoms with E-state index in [4.69, 9.17) is 15.6 Å². The first-order valence-corrected chi connectivity index (χ1v) is 6.69. The fraction of sp³-hybridized carbons (Fsp3) is 0.400. The number of ether oxygens (including phenoxy) is 1. The zero-order chi connectivity index (χ0) is 13.6. The Morgan fingerprint density at radius 2 is 2.11 bits per heavy atom. The van der Waals surface area contributed by atoms with Gasteiger partial charge in [-0.25, -0.2) is 17.5 Å². The van der Waals surface area contributed by atoms with Gasteiger partial charge < -0.3 is 15.6 Å². The molecule has 6 nitrogen and oxygen atoms in total. The Morgan fingerprint density at radius 3 is 2.78 bits per heavy atom. The standard InChI is InChI=1S/C10H15FN2O4S/c11-8-1-2-9(12)10(7-8)18(15,16)13-3-5-17-6-4-14/h1-2,7,13-14H,3-6,12H2. The summed E-state index contributed by atoms with van der Waals surface area (Å²) in [5, 5.41) is 8.45. The molecule has 0 radical (unpaired) electrons. The van der Waals surface area contributed by atoms with Crippen molar-refractivity contribution in [1.29, 1.82) is 0 Å². The van der Waals surface area contributed by atoms with Crippen LogP contribution < -0.4 is 10.5 Å². The van der Waals surface area contributed by atoms with Gasteiger partial charge in [-0.1, -0.05) is 0 Å². The van der Waals surface area contributed by atoms with Crippen molar-refractivity contribution >= 4 is 15.7 Å². The van der Waals surface area contributed by atoms with Gasteiger partial charge in [0.15, 0.2) is 0 Å². The highest BCUT2D eigenvalue weighted by molar-refractivity contribution is 7.89. The molecule has 1 aromatic rings. The van der Waals surface area contributed by atoms with E-state index in [1.54, 1.807) is 0 Å². The lowest BCUT2D eigenvalue weighted by atomic mass is 10.3. The molecule has 0 aliphatic heterocycles. The normalized spacial score (nSPS) is 11.7. The average Bonchev–Trinajstić information content (AvgIpc) is 2.32. The number of aliphatic hydroxyl groups excluding tert-OH is 1. The molecular weight excluding hydrogens is 263 g/mol. The molecule has 0 saturated heterocycles. The summed E-state index contributed by atoms with van der Waals surface area (Å²) in [7, 11) is -3.86. The van der Waals surface area contributed by atoms with Gasteiger partial charge in [0.25, 0.3) is 0 Å². The third-order valence-corrected chi connectivity index (χ3v) is 3.56. The van der Waals surface area contributed by atoms with Gasteiger partial charge in [-0.3, -0.25) is 0 Å². The monoisotopic (exact) mass is 278 g/mol. The zero-order valence-corrected chi connectivity index (χ0v) is 10.4. The number of sulfonamides is 1. The van der Waals surface area contributed by atoms with Crippen LogP contribution in [0.15, 0.2) is 23.1 Å². The summed E-state index contributed by atoms with van der Waals surface area (Å²) in [6.07, 6.45) is 0. The second kappa shape index (κ2) is 6.64. The van der Waals surface area contributed by atoms with E-state index in [1.807, 2.05) is 0 Å². The van der Waals surface area contributed by atoms with Gasteiger partial charge in [-0.2, -0.15) is 0 Å². The SMILES string of the molecule is Nc1ccc(F)cc1S(=O)(=O)NCCOCCO. The number of anilines is 1. The minimum atomic E-state index is -3.86. The van der Waals surface area contributed by atoms with Crippen LogP contribution in [-0.4, -0.2) is 39.9 Å². The van der Waals surface area contributed by atoms with Crippen molar-refractivity contribution in [2.24, 2.45) is 0 Å². The zero-order valence-electron chi connectivity index (χ0n) is 9.60. The molecule has 0 spiro atoms. The molecule has 0 amide bonds.